The molecule has 1 aliphatic heterocycles. The normalized spacial score (nSPS) is 15.9. The van der Waals surface area contributed by atoms with Gasteiger partial charge in [0.1, 0.15) is 18.2 Å². The molecule has 2 heterocycles. The molecule has 186 valence electrons. The second kappa shape index (κ2) is 9.81. The number of rotatable bonds is 7. The molecule has 1 saturated heterocycles. The number of anilines is 1. The lowest BCUT2D eigenvalue weighted by molar-refractivity contribution is -0.117. The quantitative estimate of drug-likeness (QED) is 0.296. The number of hydrogen-bond acceptors (Lipinski definition) is 3. The van der Waals surface area contributed by atoms with Gasteiger partial charge in [0.05, 0.1) is 17.6 Å². The van der Waals surface area contributed by atoms with Gasteiger partial charge in [-0.25, -0.2) is 4.98 Å². The van der Waals surface area contributed by atoms with Gasteiger partial charge in [-0.2, -0.15) is 0 Å². The number of amides is 1. The number of nitrogens with zero attached hydrogens (tertiary/aromatic N) is 3. The summed E-state index contributed by atoms with van der Waals surface area (Å²) in [5.74, 6) is 2.50. The molecule has 1 unspecified atom stereocenters. The third kappa shape index (κ3) is 4.75. The van der Waals surface area contributed by atoms with E-state index in [0.29, 0.717) is 32.0 Å². The van der Waals surface area contributed by atoms with Gasteiger partial charge in [-0.15, -0.1) is 0 Å². The smallest absolute Gasteiger partial charge is 0.227 e. The van der Waals surface area contributed by atoms with Gasteiger partial charge in [0.25, 0.3) is 0 Å². The van der Waals surface area contributed by atoms with E-state index in [1.807, 2.05) is 23.1 Å². The fraction of sp³-hybridized carbons (Fsp3) is 0.355. The van der Waals surface area contributed by atoms with E-state index in [9.17, 15) is 4.79 Å². The molecule has 0 N–H and O–H groups in total. The van der Waals surface area contributed by atoms with E-state index in [1.54, 1.807) is 0 Å². The molecule has 5 heteroatoms. The largest absolute Gasteiger partial charge is 0.491 e. The summed E-state index contributed by atoms with van der Waals surface area (Å²) in [7, 11) is 0. The highest BCUT2D eigenvalue weighted by Crippen LogP contribution is 2.34. The number of para-hydroxylation sites is 2. The number of carbonyl (C=O) groups excluding carboxylic acids is 1. The Morgan fingerprint density at radius 3 is 2.47 bits per heavy atom. The lowest BCUT2D eigenvalue weighted by Gasteiger charge is -2.19. The van der Waals surface area contributed by atoms with Crippen molar-refractivity contribution in [3.05, 3.63) is 88.7 Å². The van der Waals surface area contributed by atoms with Crippen LogP contribution in [0.4, 0.5) is 5.69 Å². The van der Waals surface area contributed by atoms with Crippen molar-refractivity contribution in [2.75, 3.05) is 18.1 Å². The standard InChI is InChI=1S/C31H35N3O2/c1-20(2)26-11-10-21(3)17-29(26)36-13-12-33-28-9-7-6-8-27(28)32-31(33)24-18-30(35)34(19-24)25-15-22(4)14-23(5)16-25/h6-11,14-17,20,24H,12-13,18-19H2,1-5H3. The average Bonchev–Trinajstić information content (AvgIpc) is 3.39. The molecule has 0 aliphatic carbocycles. The number of imidazole rings is 1. The topological polar surface area (TPSA) is 47.4 Å². The van der Waals surface area contributed by atoms with Gasteiger partial charge < -0.3 is 14.2 Å². The average molecular weight is 482 g/mol. The minimum absolute atomic E-state index is 0.0379. The Labute approximate surface area is 213 Å². The van der Waals surface area contributed by atoms with Crippen molar-refractivity contribution < 1.29 is 9.53 Å². The molecular weight excluding hydrogens is 446 g/mol. The first-order valence-corrected chi connectivity index (χ1v) is 12.9. The van der Waals surface area contributed by atoms with E-state index >= 15 is 0 Å². The van der Waals surface area contributed by atoms with Crippen molar-refractivity contribution in [2.45, 2.75) is 59.4 Å². The number of fused-ring (bicyclic) bond motifs is 1. The van der Waals surface area contributed by atoms with Gasteiger partial charge in [-0.1, -0.05) is 44.2 Å². The molecule has 36 heavy (non-hydrogen) atoms. The minimum Gasteiger partial charge on any atom is -0.491 e. The highest BCUT2D eigenvalue weighted by molar-refractivity contribution is 5.96. The summed E-state index contributed by atoms with van der Waals surface area (Å²) in [5.41, 5.74) is 7.78. The van der Waals surface area contributed by atoms with Crippen molar-refractivity contribution in [3.8, 4) is 5.75 Å². The molecule has 1 aliphatic rings. The number of aryl methyl sites for hydroxylation is 3. The molecule has 0 spiro atoms. The van der Waals surface area contributed by atoms with Gasteiger partial charge >= 0.3 is 0 Å². The number of aromatic nitrogens is 2. The summed E-state index contributed by atoms with van der Waals surface area (Å²) in [4.78, 5) is 20.0. The predicted octanol–water partition coefficient (Wildman–Crippen LogP) is 6.68. The second-order valence-corrected chi connectivity index (χ2v) is 10.4. The van der Waals surface area contributed by atoms with Gasteiger partial charge in [0, 0.05) is 24.6 Å². The molecule has 0 radical (unpaired) electrons. The van der Waals surface area contributed by atoms with Crippen LogP contribution in [0.3, 0.4) is 0 Å². The van der Waals surface area contributed by atoms with Crippen molar-refractivity contribution in [3.63, 3.8) is 0 Å². The number of carbonyl (C=O) groups is 1. The van der Waals surface area contributed by atoms with Crippen LogP contribution >= 0.6 is 0 Å². The summed E-state index contributed by atoms with van der Waals surface area (Å²) in [6, 6.07) is 21.0. The molecular formula is C31H35N3O2. The molecule has 1 amide bonds. The van der Waals surface area contributed by atoms with E-state index < -0.39 is 0 Å². The molecule has 0 saturated carbocycles. The zero-order chi connectivity index (χ0) is 25.4. The molecule has 1 aromatic heterocycles. The van der Waals surface area contributed by atoms with E-state index in [4.69, 9.17) is 9.72 Å². The Bertz CT molecular complexity index is 1400. The summed E-state index contributed by atoms with van der Waals surface area (Å²) < 4.78 is 8.58. The fourth-order valence-corrected chi connectivity index (χ4v) is 5.37. The lowest BCUT2D eigenvalue weighted by Crippen LogP contribution is -2.25. The van der Waals surface area contributed by atoms with Crippen LogP contribution in [0.5, 0.6) is 5.75 Å². The molecule has 5 rings (SSSR count). The first kappa shape index (κ1) is 24.1. The highest BCUT2D eigenvalue weighted by atomic mass is 16.5. The monoisotopic (exact) mass is 481 g/mol. The van der Waals surface area contributed by atoms with Crippen LogP contribution < -0.4 is 9.64 Å². The molecule has 3 aromatic carbocycles. The van der Waals surface area contributed by atoms with Crippen LogP contribution in [0, 0.1) is 20.8 Å². The van der Waals surface area contributed by atoms with Gasteiger partial charge in [-0.05, 0) is 79.3 Å². The minimum atomic E-state index is 0.0379. The molecule has 5 nitrogen and oxygen atoms in total. The Kier molecular flexibility index (Phi) is 6.57. The van der Waals surface area contributed by atoms with E-state index in [2.05, 4.69) is 81.7 Å². The molecule has 1 atom stereocenters. The van der Waals surface area contributed by atoms with Gasteiger partial charge in [-0.3, -0.25) is 4.79 Å². The van der Waals surface area contributed by atoms with Crippen molar-refractivity contribution in [1.29, 1.82) is 0 Å². The van der Waals surface area contributed by atoms with E-state index in [1.165, 1.54) is 22.3 Å². The van der Waals surface area contributed by atoms with Gasteiger partial charge in [0.2, 0.25) is 5.91 Å². The number of hydrogen-bond donors (Lipinski definition) is 0. The summed E-state index contributed by atoms with van der Waals surface area (Å²) in [6.45, 7) is 12.5. The van der Waals surface area contributed by atoms with Crippen molar-refractivity contribution in [1.82, 2.24) is 9.55 Å². The van der Waals surface area contributed by atoms with Crippen molar-refractivity contribution >= 4 is 22.6 Å². The molecule has 0 bridgehead atoms. The van der Waals surface area contributed by atoms with Crippen LogP contribution in [0.1, 0.15) is 60.2 Å². The summed E-state index contributed by atoms with van der Waals surface area (Å²) in [6.07, 6.45) is 0.465. The second-order valence-electron chi connectivity index (χ2n) is 10.4. The SMILES string of the molecule is Cc1cc(C)cc(N2CC(c3nc4ccccc4n3CCOc3cc(C)ccc3C(C)C)CC2=O)c1. The predicted molar refractivity (Wildman–Crippen MR) is 146 cm³/mol. The number of ether oxygens (including phenoxy) is 1. The Morgan fingerprint density at radius 2 is 1.72 bits per heavy atom. The van der Waals surface area contributed by atoms with Gasteiger partial charge in [0.15, 0.2) is 0 Å². The summed E-state index contributed by atoms with van der Waals surface area (Å²) in [5, 5.41) is 0. The third-order valence-corrected chi connectivity index (χ3v) is 7.06. The first-order valence-electron chi connectivity index (χ1n) is 12.9. The maximum absolute atomic E-state index is 13.1. The van der Waals surface area contributed by atoms with Crippen molar-refractivity contribution in [2.24, 2.45) is 0 Å². The van der Waals surface area contributed by atoms with Crippen LogP contribution in [0.25, 0.3) is 11.0 Å². The third-order valence-electron chi connectivity index (χ3n) is 7.06. The molecule has 1 fully saturated rings. The van der Waals surface area contributed by atoms with Crippen LogP contribution in [0.15, 0.2) is 60.7 Å². The Hall–Kier alpha value is -3.60. The summed E-state index contributed by atoms with van der Waals surface area (Å²) >= 11 is 0. The van der Waals surface area contributed by atoms with Crippen LogP contribution in [0.2, 0.25) is 0 Å². The Balaban J connectivity index is 1.41. The zero-order valence-corrected chi connectivity index (χ0v) is 21.9. The lowest BCUT2D eigenvalue weighted by atomic mass is 10.0. The number of benzene rings is 3. The maximum Gasteiger partial charge on any atom is 0.227 e. The first-order chi connectivity index (χ1) is 17.3. The van der Waals surface area contributed by atoms with E-state index in [-0.39, 0.29) is 11.8 Å². The molecule has 4 aromatic rings. The van der Waals surface area contributed by atoms with E-state index in [0.717, 1.165) is 28.3 Å². The van der Waals surface area contributed by atoms with Crippen LogP contribution in [-0.2, 0) is 11.3 Å². The fourth-order valence-electron chi connectivity index (χ4n) is 5.37. The maximum atomic E-state index is 13.1. The Morgan fingerprint density at radius 1 is 0.972 bits per heavy atom. The highest BCUT2D eigenvalue weighted by Gasteiger charge is 2.35. The van der Waals surface area contributed by atoms with Crippen LogP contribution in [-0.4, -0.2) is 28.6 Å². The zero-order valence-electron chi connectivity index (χ0n) is 21.9.